The van der Waals surface area contributed by atoms with E-state index in [1.807, 2.05) is 0 Å². The largest absolute Gasteiger partial charge is 0.502 e. The van der Waals surface area contributed by atoms with Crippen LogP contribution in [0.25, 0.3) is 0 Å². The summed E-state index contributed by atoms with van der Waals surface area (Å²) in [6, 6.07) is -0.504. The Balaban J connectivity index is 3.78. The van der Waals surface area contributed by atoms with Crippen LogP contribution in [0.4, 0.5) is 74.6 Å². The van der Waals surface area contributed by atoms with Crippen molar-refractivity contribution in [3.8, 4) is 0 Å². The van der Waals surface area contributed by atoms with E-state index in [1.165, 1.54) is 0 Å². The van der Waals surface area contributed by atoms with E-state index in [-0.39, 0.29) is 7.11 Å². The van der Waals surface area contributed by atoms with Gasteiger partial charge in [0.05, 0.1) is 0 Å². The van der Waals surface area contributed by atoms with Gasteiger partial charge >= 0.3 is 56.4 Å². The Kier molecular flexibility index (Phi) is 8.44. The lowest BCUT2D eigenvalue weighted by molar-refractivity contribution is -0.475. The minimum absolute atomic E-state index is 0.0582. The van der Waals surface area contributed by atoms with Crippen molar-refractivity contribution in [3.63, 3.8) is 0 Å². The van der Waals surface area contributed by atoms with Gasteiger partial charge in [0.25, 0.3) is 0 Å². The number of hydrogen-bond acceptors (Lipinski definition) is 4. The normalized spacial score (nSPS) is 23.4. The van der Waals surface area contributed by atoms with Gasteiger partial charge in [0.15, 0.2) is 0 Å². The lowest BCUT2D eigenvalue weighted by Gasteiger charge is -2.50. The fourth-order valence-corrected chi connectivity index (χ4v) is 5.43. The molecule has 0 N–H and O–H groups in total. The van der Waals surface area contributed by atoms with Crippen LogP contribution in [-0.4, -0.2) is 83.6 Å². The van der Waals surface area contributed by atoms with E-state index >= 15 is 0 Å². The van der Waals surface area contributed by atoms with Gasteiger partial charge in [-0.1, -0.05) is 0 Å². The summed E-state index contributed by atoms with van der Waals surface area (Å²) in [5.41, 5.74) is 0. The topological polar surface area (TPSA) is 36.9 Å². The number of methoxy groups -OCH3 is 1. The van der Waals surface area contributed by atoms with Crippen LogP contribution in [0.2, 0.25) is 6.04 Å². The summed E-state index contributed by atoms with van der Waals surface area (Å²) in [5, 5.41) is 0. The molecule has 0 spiro atoms. The third kappa shape index (κ3) is 4.27. The molecule has 1 heterocycles. The number of halogens is 17. The van der Waals surface area contributed by atoms with Gasteiger partial charge in [0, 0.05) is 33.8 Å². The molecule has 0 aromatic carbocycles. The second kappa shape index (κ2) is 9.22. The molecule has 1 fully saturated rings. The maximum atomic E-state index is 14.8. The zero-order valence-corrected chi connectivity index (χ0v) is 19.2. The fourth-order valence-electron chi connectivity index (χ4n) is 3.16. The second-order valence-corrected chi connectivity index (χ2v) is 10.4. The molecule has 0 amide bonds. The Labute approximate surface area is 196 Å². The monoisotopic (exact) mass is 610 g/mol. The molecule has 1 aliphatic rings. The Hall–Kier alpha value is -1.13. The molecular weight excluding hydrogens is 595 g/mol. The summed E-state index contributed by atoms with van der Waals surface area (Å²) in [6.07, 6.45) is -10.2. The maximum Gasteiger partial charge on any atom is 0.502 e. The average molecular weight is 610 g/mol. The molecule has 1 atom stereocenters. The molecule has 222 valence electrons. The summed E-state index contributed by atoms with van der Waals surface area (Å²) in [6.45, 7) is 0. The highest BCUT2D eigenvalue weighted by atomic mass is 28.4. The Morgan fingerprint density at radius 2 is 0.919 bits per heavy atom. The van der Waals surface area contributed by atoms with Crippen molar-refractivity contribution >= 4 is 8.80 Å². The minimum atomic E-state index is -8.72. The van der Waals surface area contributed by atoms with Crippen LogP contribution in [-0.2, 0) is 18.0 Å². The first-order valence-corrected chi connectivity index (χ1v) is 11.1. The number of hydrogen-bond donors (Lipinski definition) is 0. The van der Waals surface area contributed by atoms with Crippen LogP contribution in [0.1, 0.15) is 12.8 Å². The molecule has 0 aromatic rings. The van der Waals surface area contributed by atoms with E-state index in [9.17, 15) is 74.6 Å². The third-order valence-electron chi connectivity index (χ3n) is 5.46. The quantitative estimate of drug-likeness (QED) is 0.213. The zero-order valence-electron chi connectivity index (χ0n) is 18.2. The molecule has 1 rings (SSSR count). The lowest BCUT2D eigenvalue weighted by atomic mass is 9.85. The van der Waals surface area contributed by atoms with Crippen molar-refractivity contribution in [3.05, 3.63) is 0 Å². The van der Waals surface area contributed by atoms with Crippen molar-refractivity contribution < 1.29 is 92.7 Å². The van der Waals surface area contributed by atoms with Crippen molar-refractivity contribution in [2.24, 2.45) is 0 Å². The molecule has 22 heteroatoms. The van der Waals surface area contributed by atoms with Crippen LogP contribution in [0.3, 0.4) is 0 Å². The highest BCUT2D eigenvalue weighted by Gasteiger charge is 2.96. The van der Waals surface area contributed by atoms with E-state index < -0.39 is 81.1 Å². The molecule has 0 aromatic heterocycles. The predicted octanol–water partition coefficient (Wildman–Crippen LogP) is 6.38. The minimum Gasteiger partial charge on any atom is -0.377 e. The molecule has 0 saturated carbocycles. The van der Waals surface area contributed by atoms with Gasteiger partial charge in [-0.3, -0.25) is 0 Å². The highest BCUT2D eigenvalue weighted by Crippen LogP contribution is 2.65. The van der Waals surface area contributed by atoms with Crippen molar-refractivity contribution in [1.29, 1.82) is 0 Å². The van der Waals surface area contributed by atoms with Gasteiger partial charge in [-0.25, -0.2) is 0 Å². The van der Waals surface area contributed by atoms with E-state index in [2.05, 4.69) is 18.0 Å². The number of rotatable bonds is 10. The zero-order chi connectivity index (χ0) is 29.9. The first kappa shape index (κ1) is 33.9. The number of alkyl halides is 17. The van der Waals surface area contributed by atoms with Crippen LogP contribution >= 0.6 is 0 Å². The van der Waals surface area contributed by atoms with Crippen LogP contribution in [0.5, 0.6) is 0 Å². The van der Waals surface area contributed by atoms with Crippen molar-refractivity contribution in [2.45, 2.75) is 72.3 Å². The molecule has 1 saturated heterocycles. The fraction of sp³-hybridized carbons (Fsp3) is 1.00. The summed E-state index contributed by atoms with van der Waals surface area (Å²) in [5.74, 6) is -62.0. The van der Waals surface area contributed by atoms with Gasteiger partial charge in [-0.2, -0.15) is 74.6 Å². The Bertz CT molecular complexity index is 826. The first-order chi connectivity index (χ1) is 16.1. The van der Waals surface area contributed by atoms with Crippen molar-refractivity contribution in [1.82, 2.24) is 0 Å². The molecule has 4 nitrogen and oxygen atoms in total. The average Bonchev–Trinajstić information content (AvgIpc) is 2.77. The molecule has 0 bridgehead atoms. The van der Waals surface area contributed by atoms with Gasteiger partial charge in [-0.05, 0) is 6.42 Å². The molecule has 0 aliphatic carbocycles. The molecule has 1 unspecified atom stereocenters. The second-order valence-electron chi connectivity index (χ2n) is 7.52. The summed E-state index contributed by atoms with van der Waals surface area (Å²) in [4.78, 5) is 0. The summed E-state index contributed by atoms with van der Waals surface area (Å²) >= 11 is 0. The maximum absolute atomic E-state index is 14.8. The van der Waals surface area contributed by atoms with Gasteiger partial charge in [0.1, 0.15) is 0 Å². The van der Waals surface area contributed by atoms with Gasteiger partial charge < -0.3 is 18.0 Å². The summed E-state index contributed by atoms with van der Waals surface area (Å²) in [7, 11) is -3.16. The molecular formula is C15H15F17O4Si. The standard InChI is InChI=1S/C15H15F17O4Si/c1-33-7(5-4-6-37(34-2,35-3)36-7)8(16,17)9(18,19)10(20,21)11(22,23)12(24,25)13(26,27)14(28,29)15(30,31)32/h4-6H2,1-3H3. The Morgan fingerprint density at radius 1 is 0.568 bits per heavy atom. The summed E-state index contributed by atoms with van der Waals surface area (Å²) < 4.78 is 248. The van der Waals surface area contributed by atoms with E-state index in [0.29, 0.717) is 14.2 Å². The third-order valence-corrected chi connectivity index (χ3v) is 8.31. The van der Waals surface area contributed by atoms with Crippen LogP contribution < -0.4 is 0 Å². The molecule has 0 radical (unpaired) electrons. The molecule has 37 heavy (non-hydrogen) atoms. The lowest BCUT2D eigenvalue weighted by Crippen LogP contribution is -2.77. The van der Waals surface area contributed by atoms with Crippen LogP contribution in [0, 0.1) is 0 Å². The van der Waals surface area contributed by atoms with E-state index in [1.54, 1.807) is 0 Å². The van der Waals surface area contributed by atoms with Crippen LogP contribution in [0.15, 0.2) is 0 Å². The van der Waals surface area contributed by atoms with Gasteiger partial charge in [-0.15, -0.1) is 0 Å². The van der Waals surface area contributed by atoms with Crippen molar-refractivity contribution in [2.75, 3.05) is 21.3 Å². The SMILES string of the molecule is COC1(C(F)(F)C(F)(F)C(F)(F)C(F)(F)C(F)(F)C(F)(F)C(F)(F)C(F)(F)F)CCC[Si](OC)(OC)O1. The number of ether oxygens (including phenoxy) is 1. The Morgan fingerprint density at radius 3 is 1.24 bits per heavy atom. The predicted molar refractivity (Wildman–Crippen MR) is 85.3 cm³/mol. The highest BCUT2D eigenvalue weighted by molar-refractivity contribution is 6.60. The van der Waals surface area contributed by atoms with E-state index in [4.69, 9.17) is 0 Å². The van der Waals surface area contributed by atoms with Gasteiger partial charge in [0.2, 0.25) is 5.79 Å². The molecule has 1 aliphatic heterocycles. The first-order valence-electron chi connectivity index (χ1n) is 9.17. The van der Waals surface area contributed by atoms with E-state index in [0.717, 1.165) is 0 Å². The smallest absolute Gasteiger partial charge is 0.377 e.